The van der Waals surface area contributed by atoms with Gasteiger partial charge in [0, 0.05) is 0 Å². The second-order valence-corrected chi connectivity index (χ2v) is 4.18. The highest BCUT2D eigenvalue weighted by atomic mass is 16.6. The number of ether oxygens (including phenoxy) is 3. The standard InChI is InChI=1S/C13H16O3/c1-13(2)12(15-4)11(14-3)9-7-5-6-8-10(9)16-13/h5-8H,1-4H3. The zero-order valence-corrected chi connectivity index (χ0v) is 10.0. The molecule has 0 radical (unpaired) electrons. The van der Waals surface area contributed by atoms with Crippen LogP contribution in [0.2, 0.25) is 0 Å². The Labute approximate surface area is 95.6 Å². The molecule has 1 heterocycles. The fraction of sp³-hybridized carbons (Fsp3) is 0.385. The third-order valence-corrected chi connectivity index (χ3v) is 2.66. The summed E-state index contributed by atoms with van der Waals surface area (Å²) in [6.07, 6.45) is 0. The van der Waals surface area contributed by atoms with Crippen LogP contribution in [0.3, 0.4) is 0 Å². The van der Waals surface area contributed by atoms with Crippen molar-refractivity contribution in [1.82, 2.24) is 0 Å². The van der Waals surface area contributed by atoms with Crippen LogP contribution in [-0.2, 0) is 9.47 Å². The Kier molecular flexibility index (Phi) is 2.54. The van der Waals surface area contributed by atoms with Crippen molar-refractivity contribution in [3.8, 4) is 5.75 Å². The summed E-state index contributed by atoms with van der Waals surface area (Å²) in [4.78, 5) is 0. The SMILES string of the molecule is COC1=C(OC)C(C)(C)Oc2ccccc21. The number of hydrogen-bond donors (Lipinski definition) is 0. The fourth-order valence-corrected chi connectivity index (χ4v) is 2.00. The topological polar surface area (TPSA) is 27.7 Å². The molecule has 1 aromatic rings. The maximum Gasteiger partial charge on any atom is 0.181 e. The molecule has 3 nitrogen and oxygen atoms in total. The second-order valence-electron chi connectivity index (χ2n) is 4.18. The first-order valence-corrected chi connectivity index (χ1v) is 5.21. The average molecular weight is 220 g/mol. The molecule has 3 heteroatoms. The Bertz CT molecular complexity index is 433. The number of hydrogen-bond acceptors (Lipinski definition) is 3. The largest absolute Gasteiger partial charge is 0.493 e. The Morgan fingerprint density at radius 3 is 2.38 bits per heavy atom. The lowest BCUT2D eigenvalue weighted by atomic mass is 9.98. The molecule has 0 aromatic heterocycles. The van der Waals surface area contributed by atoms with Gasteiger partial charge in [-0.2, -0.15) is 0 Å². The molecule has 1 aliphatic rings. The highest BCUT2D eigenvalue weighted by molar-refractivity contribution is 5.70. The molecule has 16 heavy (non-hydrogen) atoms. The van der Waals surface area contributed by atoms with Gasteiger partial charge in [-0.05, 0) is 26.0 Å². The molecule has 0 amide bonds. The zero-order valence-electron chi connectivity index (χ0n) is 10.0. The Morgan fingerprint density at radius 2 is 1.75 bits per heavy atom. The van der Waals surface area contributed by atoms with E-state index < -0.39 is 5.60 Å². The smallest absolute Gasteiger partial charge is 0.181 e. The predicted octanol–water partition coefficient (Wildman–Crippen LogP) is 2.82. The van der Waals surface area contributed by atoms with Crippen LogP contribution in [0.1, 0.15) is 19.4 Å². The van der Waals surface area contributed by atoms with E-state index in [9.17, 15) is 0 Å². The summed E-state index contributed by atoms with van der Waals surface area (Å²) >= 11 is 0. The van der Waals surface area contributed by atoms with Crippen LogP contribution in [0.15, 0.2) is 30.0 Å². The monoisotopic (exact) mass is 220 g/mol. The minimum atomic E-state index is -0.506. The van der Waals surface area contributed by atoms with Crippen LogP contribution < -0.4 is 4.74 Å². The highest BCUT2D eigenvalue weighted by Gasteiger charge is 2.37. The van der Waals surface area contributed by atoms with E-state index in [0.717, 1.165) is 17.1 Å². The minimum Gasteiger partial charge on any atom is -0.493 e. The average Bonchev–Trinajstić information content (AvgIpc) is 2.25. The van der Waals surface area contributed by atoms with Crippen molar-refractivity contribution in [1.29, 1.82) is 0 Å². The Balaban J connectivity index is 2.64. The van der Waals surface area contributed by atoms with E-state index in [1.165, 1.54) is 0 Å². The van der Waals surface area contributed by atoms with Crippen molar-refractivity contribution in [2.75, 3.05) is 14.2 Å². The molecule has 0 N–H and O–H groups in total. The summed E-state index contributed by atoms with van der Waals surface area (Å²) in [5.41, 5.74) is 0.426. The summed E-state index contributed by atoms with van der Waals surface area (Å²) in [5, 5.41) is 0. The molecule has 0 spiro atoms. The van der Waals surface area contributed by atoms with Crippen molar-refractivity contribution >= 4 is 5.76 Å². The summed E-state index contributed by atoms with van der Waals surface area (Å²) in [6, 6.07) is 7.79. The van der Waals surface area contributed by atoms with E-state index in [0.29, 0.717) is 5.76 Å². The van der Waals surface area contributed by atoms with Crippen LogP contribution in [0.5, 0.6) is 5.75 Å². The Morgan fingerprint density at radius 1 is 1.06 bits per heavy atom. The molecule has 0 fully saturated rings. The van der Waals surface area contributed by atoms with Crippen molar-refractivity contribution in [3.05, 3.63) is 35.6 Å². The van der Waals surface area contributed by atoms with Crippen LogP contribution in [0.25, 0.3) is 5.76 Å². The van der Waals surface area contributed by atoms with Gasteiger partial charge in [0.1, 0.15) is 5.75 Å². The van der Waals surface area contributed by atoms with Crippen LogP contribution in [0.4, 0.5) is 0 Å². The van der Waals surface area contributed by atoms with Gasteiger partial charge in [0.2, 0.25) is 0 Å². The first kappa shape index (κ1) is 10.9. The first-order valence-electron chi connectivity index (χ1n) is 5.21. The lowest BCUT2D eigenvalue weighted by molar-refractivity contribution is 0.0657. The first-order chi connectivity index (χ1) is 7.60. The van der Waals surface area contributed by atoms with Crippen molar-refractivity contribution in [2.45, 2.75) is 19.4 Å². The van der Waals surface area contributed by atoms with Crippen molar-refractivity contribution < 1.29 is 14.2 Å². The van der Waals surface area contributed by atoms with Crippen molar-refractivity contribution in [3.63, 3.8) is 0 Å². The maximum atomic E-state index is 5.89. The quantitative estimate of drug-likeness (QED) is 0.767. The van der Waals surface area contributed by atoms with Gasteiger partial charge < -0.3 is 14.2 Å². The molecular formula is C13H16O3. The number of para-hydroxylation sites is 1. The van der Waals surface area contributed by atoms with Gasteiger partial charge in [-0.1, -0.05) is 12.1 Å². The van der Waals surface area contributed by atoms with Gasteiger partial charge >= 0.3 is 0 Å². The van der Waals surface area contributed by atoms with Gasteiger partial charge in [-0.25, -0.2) is 0 Å². The molecule has 0 saturated heterocycles. The third kappa shape index (κ3) is 1.52. The minimum absolute atomic E-state index is 0.506. The second kappa shape index (κ2) is 3.74. The van der Waals surface area contributed by atoms with E-state index in [1.54, 1.807) is 14.2 Å². The van der Waals surface area contributed by atoms with Crippen LogP contribution in [-0.4, -0.2) is 19.8 Å². The van der Waals surface area contributed by atoms with E-state index in [4.69, 9.17) is 14.2 Å². The van der Waals surface area contributed by atoms with Crippen LogP contribution in [0, 0.1) is 0 Å². The van der Waals surface area contributed by atoms with Gasteiger partial charge in [-0.15, -0.1) is 0 Å². The molecular weight excluding hydrogens is 204 g/mol. The molecule has 1 aromatic carbocycles. The van der Waals surface area contributed by atoms with Gasteiger partial charge in [-0.3, -0.25) is 0 Å². The highest BCUT2D eigenvalue weighted by Crippen LogP contribution is 2.40. The summed E-state index contributed by atoms with van der Waals surface area (Å²) in [5.74, 6) is 2.29. The lowest BCUT2D eigenvalue weighted by Gasteiger charge is -2.34. The molecule has 1 aliphatic heterocycles. The number of benzene rings is 1. The number of fused-ring (bicyclic) bond motifs is 1. The summed E-state index contributed by atoms with van der Waals surface area (Å²) in [6.45, 7) is 3.92. The molecule has 0 saturated carbocycles. The van der Waals surface area contributed by atoms with Gasteiger partial charge in [0.25, 0.3) is 0 Å². The molecule has 86 valence electrons. The lowest BCUT2D eigenvalue weighted by Crippen LogP contribution is -2.35. The van der Waals surface area contributed by atoms with E-state index in [2.05, 4.69) is 0 Å². The maximum absolute atomic E-state index is 5.89. The van der Waals surface area contributed by atoms with E-state index in [-0.39, 0.29) is 0 Å². The predicted molar refractivity (Wildman–Crippen MR) is 62.1 cm³/mol. The molecule has 0 unspecified atom stereocenters. The van der Waals surface area contributed by atoms with Crippen molar-refractivity contribution in [2.24, 2.45) is 0 Å². The fourth-order valence-electron chi connectivity index (χ4n) is 2.00. The summed E-state index contributed by atoms with van der Waals surface area (Å²) in [7, 11) is 3.28. The van der Waals surface area contributed by atoms with Gasteiger partial charge in [0.05, 0.1) is 19.8 Å². The third-order valence-electron chi connectivity index (χ3n) is 2.66. The molecule has 0 bridgehead atoms. The molecule has 2 rings (SSSR count). The van der Waals surface area contributed by atoms with Crippen LogP contribution >= 0.6 is 0 Å². The zero-order chi connectivity index (χ0) is 11.8. The number of methoxy groups -OCH3 is 2. The normalized spacial score (nSPS) is 17.5. The molecule has 0 atom stereocenters. The number of rotatable bonds is 2. The molecule has 0 aliphatic carbocycles. The Hall–Kier alpha value is -1.64. The van der Waals surface area contributed by atoms with E-state index in [1.807, 2.05) is 38.1 Å². The van der Waals surface area contributed by atoms with E-state index >= 15 is 0 Å². The van der Waals surface area contributed by atoms with Gasteiger partial charge in [0.15, 0.2) is 17.1 Å². The summed E-state index contributed by atoms with van der Waals surface area (Å²) < 4.78 is 16.7.